The number of oxime groups is 1. The minimum absolute atomic E-state index is 0.183. The molecule has 0 radical (unpaired) electrons. The lowest BCUT2D eigenvalue weighted by Gasteiger charge is -2.44. The van der Waals surface area contributed by atoms with E-state index in [1.54, 1.807) is 24.3 Å². The zero-order valence-corrected chi connectivity index (χ0v) is 33.3. The molecule has 0 saturated carbocycles. The Hall–Kier alpha value is -3.60. The van der Waals surface area contributed by atoms with Crippen molar-refractivity contribution in [1.82, 2.24) is 0 Å². The molecule has 0 amide bonds. The minimum Gasteiger partial charge on any atom is -0.381 e. The van der Waals surface area contributed by atoms with Crippen molar-refractivity contribution in [2.75, 3.05) is 14.2 Å². The van der Waals surface area contributed by atoms with Crippen molar-refractivity contribution >= 4 is 25.9 Å². The number of hydrogen-bond donors (Lipinski definition) is 0. The number of benzene rings is 3. The fourth-order valence-electron chi connectivity index (χ4n) is 6.66. The van der Waals surface area contributed by atoms with Crippen molar-refractivity contribution in [3.63, 3.8) is 0 Å². The van der Waals surface area contributed by atoms with Crippen molar-refractivity contribution < 1.29 is 56.7 Å². The van der Waals surface area contributed by atoms with Crippen molar-refractivity contribution in [2.24, 2.45) is 5.16 Å². The van der Waals surface area contributed by atoms with E-state index in [-0.39, 0.29) is 30.1 Å². The number of methoxy groups -OCH3 is 2. The number of fused-ring (bicyclic) bond motifs is 3. The molecule has 1 aliphatic rings. The fraction of sp³-hybridized carbons (Fsp3) is 0.500. The van der Waals surface area contributed by atoms with Crippen molar-refractivity contribution in [1.29, 1.82) is 0 Å². The molecule has 0 aliphatic heterocycles. The van der Waals surface area contributed by atoms with E-state index in [9.17, 15) is 30.0 Å². The van der Waals surface area contributed by atoms with Crippen LogP contribution in [0.1, 0.15) is 94.7 Å². The molecule has 0 unspecified atom stereocenters. The van der Waals surface area contributed by atoms with Gasteiger partial charge in [-0.15, -0.1) is 0 Å². The molecule has 3 aromatic carbocycles. The van der Waals surface area contributed by atoms with Gasteiger partial charge in [0, 0.05) is 30.9 Å². The lowest BCUT2D eigenvalue weighted by Crippen LogP contribution is -2.66. The number of ether oxygens (including phenoxy) is 2. The van der Waals surface area contributed by atoms with E-state index in [1.165, 1.54) is 26.4 Å². The van der Waals surface area contributed by atoms with Gasteiger partial charge in [-0.2, -0.15) is 30.0 Å². The van der Waals surface area contributed by atoms with Gasteiger partial charge in [-0.3, -0.25) is 4.28 Å². The predicted octanol–water partition coefficient (Wildman–Crippen LogP) is 8.84. The van der Waals surface area contributed by atoms with E-state index in [0.717, 1.165) is 36.6 Å². The van der Waals surface area contributed by atoms with Gasteiger partial charge in [0.25, 0.3) is 5.92 Å². The lowest BCUT2D eigenvalue weighted by molar-refractivity contribution is -0.0793. The highest BCUT2D eigenvalue weighted by atomic mass is 32.2. The Morgan fingerprint density at radius 3 is 1.78 bits per heavy atom. The molecule has 0 saturated heterocycles. The highest BCUT2D eigenvalue weighted by molar-refractivity contribution is 7.89. The van der Waals surface area contributed by atoms with Crippen LogP contribution in [0.2, 0.25) is 0 Å². The summed E-state index contributed by atoms with van der Waals surface area (Å²) in [5, 5.41) is 2.91. The van der Waals surface area contributed by atoms with Gasteiger partial charge in [-0.25, -0.2) is 8.78 Å². The predicted molar refractivity (Wildman–Crippen MR) is 196 cm³/mol. The molecule has 3 aromatic rings. The van der Waals surface area contributed by atoms with Gasteiger partial charge in [0.2, 0.25) is 0 Å². The van der Waals surface area contributed by atoms with Crippen molar-refractivity contribution in [3.05, 3.63) is 88.0 Å². The van der Waals surface area contributed by atoms with E-state index < -0.39 is 71.4 Å². The Morgan fingerprint density at radius 2 is 1.28 bits per heavy atom. The summed E-state index contributed by atoms with van der Waals surface area (Å²) in [6, 6.07) is 14.1. The molecule has 0 atom stereocenters. The molecule has 16 heteroatoms. The summed E-state index contributed by atoms with van der Waals surface area (Å²) in [6.45, 7) is 8.52. The van der Waals surface area contributed by atoms with Gasteiger partial charge in [0.1, 0.15) is 0 Å². The number of halogens is 5. The third-order valence-corrected chi connectivity index (χ3v) is 14.0. The van der Waals surface area contributed by atoms with Crippen LogP contribution in [0.15, 0.2) is 59.8 Å². The molecule has 0 aromatic heterocycles. The van der Waals surface area contributed by atoms with E-state index in [1.807, 2.05) is 32.9 Å². The van der Waals surface area contributed by atoms with Crippen molar-refractivity contribution in [3.8, 4) is 16.9 Å². The maximum atomic E-state index is 17.1. The zero-order chi connectivity index (χ0) is 40.7. The van der Waals surface area contributed by atoms with Gasteiger partial charge in [-0.05, 0) is 84.5 Å². The molecule has 1 aliphatic carbocycles. The summed E-state index contributed by atoms with van der Waals surface area (Å²) in [5.74, 6) is -5.09. The van der Waals surface area contributed by atoms with Crippen LogP contribution < -0.4 is 4.18 Å². The second kappa shape index (κ2) is 15.1. The summed E-state index contributed by atoms with van der Waals surface area (Å²) in [5.41, 5.74) is 1.24. The average Bonchev–Trinajstić information content (AvgIpc) is 3.43. The van der Waals surface area contributed by atoms with Crippen LogP contribution in [0.3, 0.4) is 0 Å². The van der Waals surface area contributed by atoms with Gasteiger partial charge in [-0.1, -0.05) is 76.2 Å². The Morgan fingerprint density at radius 1 is 0.741 bits per heavy atom. The van der Waals surface area contributed by atoms with Gasteiger partial charge in [0.05, 0.1) is 13.2 Å². The highest BCUT2D eigenvalue weighted by Crippen LogP contribution is 2.52. The van der Waals surface area contributed by atoms with Crippen LogP contribution in [0.4, 0.5) is 22.0 Å². The van der Waals surface area contributed by atoms with E-state index in [2.05, 4.69) is 9.44 Å². The lowest BCUT2D eigenvalue weighted by atomic mass is 9.85. The van der Waals surface area contributed by atoms with Gasteiger partial charge in [0.15, 0.2) is 21.0 Å². The summed E-state index contributed by atoms with van der Waals surface area (Å²) in [6.07, 6.45) is -6.72. The molecule has 0 bridgehead atoms. The summed E-state index contributed by atoms with van der Waals surface area (Å²) in [7, 11) is -8.63. The maximum Gasteiger partial charge on any atom is 0.437 e. The topological polar surface area (TPSA) is 118 Å². The molecule has 0 N–H and O–H groups in total. The minimum atomic E-state index is -5.83. The second-order valence-electron chi connectivity index (χ2n) is 14.7. The summed E-state index contributed by atoms with van der Waals surface area (Å²) in [4.78, 5) is 0. The maximum absolute atomic E-state index is 17.1. The van der Waals surface area contributed by atoms with E-state index >= 15 is 8.78 Å². The molecule has 0 heterocycles. The van der Waals surface area contributed by atoms with Crippen LogP contribution in [0.5, 0.6) is 5.75 Å². The van der Waals surface area contributed by atoms with Crippen LogP contribution in [0.25, 0.3) is 11.1 Å². The summed E-state index contributed by atoms with van der Waals surface area (Å²) >= 11 is 0. The largest absolute Gasteiger partial charge is 0.437 e. The third-order valence-electron chi connectivity index (χ3n) is 10.0. The quantitative estimate of drug-likeness (QED) is 0.0507. The number of hydrogen-bond acceptors (Lipinski definition) is 9. The molecule has 0 fully saturated rings. The summed E-state index contributed by atoms with van der Waals surface area (Å²) < 4.78 is 147. The molecule has 0 spiro atoms. The molecule has 298 valence electrons. The first-order chi connectivity index (χ1) is 24.9. The first kappa shape index (κ1) is 43.1. The molecular formula is C38H46F5NO8S2. The van der Waals surface area contributed by atoms with Gasteiger partial charge >= 0.3 is 26.4 Å². The van der Waals surface area contributed by atoms with Crippen LogP contribution in [-0.4, -0.2) is 58.4 Å². The molecule has 4 rings (SSSR count). The average molecular weight is 804 g/mol. The Bertz CT molecular complexity index is 2090. The number of alkyl halides is 5. The SMILES string of the molecule is CCC(CC)(C(F)(F)C(C)(C)S(=O)(=O)O/N=C(/c1ccc2c(c1)Cc1ccccc1-2)C(F)(F)F)S(=O)(=O)Oc1c(COC)cc(C(C)(C)C)cc1COC. The highest BCUT2D eigenvalue weighted by Gasteiger charge is 2.73. The number of nitrogens with zero attached hydrogens (tertiary/aromatic N) is 1. The first-order valence-corrected chi connectivity index (χ1v) is 19.9. The van der Waals surface area contributed by atoms with E-state index in [4.69, 9.17) is 13.7 Å². The second-order valence-corrected chi connectivity index (χ2v) is 18.7. The van der Waals surface area contributed by atoms with Crippen LogP contribution >= 0.6 is 0 Å². The smallest absolute Gasteiger partial charge is 0.381 e. The Labute approximate surface area is 314 Å². The standard InChI is InChI=1S/C38H46F5NO8S2/c1-10-36(11-2,54(47,48)51-32-27(22-49-8)20-29(34(3,4)5)21-28(32)23-50-9)38(42,43)35(6,7)53(45,46)52-44-33(37(39,40)41)25-16-17-31-26(19-25)18-24-14-12-13-15-30(24)31/h12-17,19-21H,10-11,18,22-23H2,1-9H3/b44-33-. The first-order valence-electron chi connectivity index (χ1n) is 17.1. The third kappa shape index (κ3) is 7.63. The number of rotatable bonds is 15. The zero-order valence-electron chi connectivity index (χ0n) is 31.7. The van der Waals surface area contributed by atoms with E-state index in [0.29, 0.717) is 31.4 Å². The Balaban J connectivity index is 1.78. The van der Waals surface area contributed by atoms with Crippen LogP contribution in [0, 0.1) is 0 Å². The molecular weight excluding hydrogens is 758 g/mol. The molecule has 9 nitrogen and oxygen atoms in total. The Kier molecular flexibility index (Phi) is 12.1. The normalized spacial score (nSPS) is 14.5. The van der Waals surface area contributed by atoms with Crippen molar-refractivity contribution in [2.45, 2.75) is 108 Å². The van der Waals surface area contributed by atoms with Gasteiger partial charge < -0.3 is 13.7 Å². The monoisotopic (exact) mass is 803 g/mol. The van der Waals surface area contributed by atoms with Crippen LogP contribution in [-0.2, 0) is 59.0 Å². The molecule has 54 heavy (non-hydrogen) atoms. The fourth-order valence-corrected chi connectivity index (χ4v) is 9.46.